The van der Waals surface area contributed by atoms with Gasteiger partial charge >= 0.3 is 0 Å². The van der Waals surface area contributed by atoms with Crippen molar-refractivity contribution >= 4 is 23.2 Å². The zero-order chi connectivity index (χ0) is 19.9. The number of nitrogens with zero attached hydrogens (tertiary/aromatic N) is 2. The largest absolute Gasteiger partial charge is 0.389 e. The second-order valence-electron chi connectivity index (χ2n) is 7.21. The maximum Gasteiger partial charge on any atom is 0.108 e. The van der Waals surface area contributed by atoms with E-state index in [-0.39, 0.29) is 12.7 Å². The Balaban J connectivity index is 1.61. The summed E-state index contributed by atoms with van der Waals surface area (Å²) >= 11 is 12.1. The first kappa shape index (κ1) is 21.6. The minimum atomic E-state index is -0.532. The number of aliphatic hydroxyl groups is 1. The molecule has 1 saturated heterocycles. The lowest BCUT2D eigenvalue weighted by Crippen LogP contribution is -2.48. The van der Waals surface area contributed by atoms with Crippen molar-refractivity contribution in [1.29, 1.82) is 0 Å². The summed E-state index contributed by atoms with van der Waals surface area (Å²) in [6, 6.07) is 15.2. The molecule has 1 N–H and O–H groups in total. The summed E-state index contributed by atoms with van der Waals surface area (Å²) in [6.07, 6.45) is -0.809. The molecule has 1 fully saturated rings. The molecule has 1 aliphatic heterocycles. The van der Waals surface area contributed by atoms with E-state index >= 15 is 0 Å². The lowest BCUT2D eigenvalue weighted by atomic mass is 10.0. The van der Waals surface area contributed by atoms with Crippen LogP contribution in [0.2, 0.25) is 10.0 Å². The van der Waals surface area contributed by atoms with Gasteiger partial charge in [0.1, 0.15) is 6.10 Å². The Labute approximate surface area is 177 Å². The third-order valence-electron chi connectivity index (χ3n) is 5.18. The number of aliphatic hydroxyl groups excluding tert-OH is 1. The molecule has 0 spiro atoms. The number of ether oxygens (including phenoxy) is 1. The highest BCUT2D eigenvalue weighted by molar-refractivity contribution is 6.30. The second-order valence-corrected chi connectivity index (χ2v) is 8.08. The maximum atomic E-state index is 10.5. The van der Waals surface area contributed by atoms with Gasteiger partial charge in [0.15, 0.2) is 0 Å². The zero-order valence-corrected chi connectivity index (χ0v) is 17.7. The molecule has 0 aromatic heterocycles. The number of benzene rings is 2. The van der Waals surface area contributed by atoms with Crippen LogP contribution in [0.5, 0.6) is 0 Å². The molecule has 152 valence electrons. The monoisotopic (exact) mass is 422 g/mol. The average Bonchev–Trinajstić information content (AvgIpc) is 2.71. The third kappa shape index (κ3) is 6.18. The van der Waals surface area contributed by atoms with Gasteiger partial charge in [-0.3, -0.25) is 4.90 Å². The van der Waals surface area contributed by atoms with E-state index in [1.165, 1.54) is 0 Å². The Kier molecular flexibility index (Phi) is 8.15. The van der Waals surface area contributed by atoms with Gasteiger partial charge in [0.25, 0.3) is 0 Å². The Bertz CT molecular complexity index is 671. The highest BCUT2D eigenvalue weighted by Crippen LogP contribution is 2.28. The molecular weight excluding hydrogens is 395 g/mol. The molecule has 1 unspecified atom stereocenters. The standard InChI is InChI=1S/C22H28Cl2N2O2/c1-2-25-11-13-26(14-12-25)15-21(27)16-28-22(17-3-7-19(23)8-4-17)18-5-9-20(24)10-6-18/h3-10,21-22,27H,2,11-16H2,1H3. The molecular formula is C22H28Cl2N2O2. The van der Waals surface area contributed by atoms with Gasteiger partial charge in [-0.15, -0.1) is 0 Å². The van der Waals surface area contributed by atoms with E-state index < -0.39 is 6.10 Å². The van der Waals surface area contributed by atoms with E-state index in [1.807, 2.05) is 48.5 Å². The smallest absolute Gasteiger partial charge is 0.108 e. The van der Waals surface area contributed by atoms with Crippen LogP contribution >= 0.6 is 23.2 Å². The fraction of sp³-hybridized carbons (Fsp3) is 0.455. The molecule has 0 amide bonds. The van der Waals surface area contributed by atoms with Gasteiger partial charge in [0.05, 0.1) is 12.7 Å². The first-order valence-electron chi connectivity index (χ1n) is 9.80. The summed E-state index contributed by atoms with van der Waals surface area (Å²) in [6.45, 7) is 8.26. The van der Waals surface area contributed by atoms with Gasteiger partial charge in [-0.2, -0.15) is 0 Å². The highest BCUT2D eigenvalue weighted by Gasteiger charge is 2.21. The van der Waals surface area contributed by atoms with Crippen molar-refractivity contribution in [3.63, 3.8) is 0 Å². The van der Waals surface area contributed by atoms with E-state index in [2.05, 4.69) is 16.7 Å². The number of hydrogen-bond acceptors (Lipinski definition) is 4. The minimum Gasteiger partial charge on any atom is -0.389 e. The number of hydrogen-bond donors (Lipinski definition) is 1. The van der Waals surface area contributed by atoms with Crippen LogP contribution in [0.15, 0.2) is 48.5 Å². The number of halogens is 2. The van der Waals surface area contributed by atoms with Crippen LogP contribution in [-0.2, 0) is 4.74 Å². The number of β-amino-alcohol motifs (C(OH)–C–C–N with tert-alkyl or cyclic N) is 1. The van der Waals surface area contributed by atoms with Crippen molar-refractivity contribution in [3.8, 4) is 0 Å². The predicted octanol–water partition coefficient (Wildman–Crippen LogP) is 4.10. The van der Waals surface area contributed by atoms with E-state index in [0.29, 0.717) is 16.6 Å². The molecule has 1 aliphatic rings. The summed E-state index contributed by atoms with van der Waals surface area (Å²) < 4.78 is 6.17. The quantitative estimate of drug-likeness (QED) is 0.694. The predicted molar refractivity (Wildman–Crippen MR) is 115 cm³/mol. The molecule has 0 saturated carbocycles. The molecule has 3 rings (SSSR count). The number of piperazine rings is 1. The second kappa shape index (κ2) is 10.6. The van der Waals surface area contributed by atoms with Crippen molar-refractivity contribution in [2.75, 3.05) is 45.9 Å². The van der Waals surface area contributed by atoms with E-state index in [0.717, 1.165) is 43.9 Å². The summed E-state index contributed by atoms with van der Waals surface area (Å²) in [5.41, 5.74) is 1.99. The fourth-order valence-electron chi connectivity index (χ4n) is 3.51. The summed E-state index contributed by atoms with van der Waals surface area (Å²) in [4.78, 5) is 4.73. The Morgan fingerprint density at radius 1 is 0.857 bits per heavy atom. The van der Waals surface area contributed by atoms with Crippen molar-refractivity contribution in [1.82, 2.24) is 9.80 Å². The van der Waals surface area contributed by atoms with Crippen molar-refractivity contribution in [2.45, 2.75) is 19.1 Å². The van der Waals surface area contributed by atoms with Crippen LogP contribution < -0.4 is 0 Å². The summed E-state index contributed by atoms with van der Waals surface area (Å²) in [5, 5.41) is 11.9. The molecule has 6 heteroatoms. The lowest BCUT2D eigenvalue weighted by molar-refractivity contribution is -0.0142. The number of likely N-dealkylation sites (N-methyl/N-ethyl adjacent to an activating group) is 1. The van der Waals surface area contributed by atoms with Gasteiger partial charge in [-0.1, -0.05) is 54.4 Å². The molecule has 2 aromatic carbocycles. The fourth-order valence-corrected chi connectivity index (χ4v) is 3.76. The normalized spacial score (nSPS) is 17.2. The molecule has 0 radical (unpaired) electrons. The molecule has 0 bridgehead atoms. The molecule has 1 atom stereocenters. The topological polar surface area (TPSA) is 35.9 Å². The van der Waals surface area contributed by atoms with Crippen molar-refractivity contribution in [2.24, 2.45) is 0 Å². The SMILES string of the molecule is CCN1CCN(CC(O)COC(c2ccc(Cl)cc2)c2ccc(Cl)cc2)CC1. The van der Waals surface area contributed by atoms with Crippen LogP contribution in [0.25, 0.3) is 0 Å². The summed E-state index contributed by atoms with van der Waals surface area (Å²) in [7, 11) is 0. The van der Waals surface area contributed by atoms with Crippen LogP contribution in [0.3, 0.4) is 0 Å². The first-order valence-corrected chi connectivity index (χ1v) is 10.6. The van der Waals surface area contributed by atoms with Gasteiger partial charge < -0.3 is 14.7 Å². The average molecular weight is 423 g/mol. The molecule has 4 nitrogen and oxygen atoms in total. The number of rotatable bonds is 8. The van der Waals surface area contributed by atoms with Gasteiger partial charge in [-0.05, 0) is 41.9 Å². The maximum absolute atomic E-state index is 10.5. The molecule has 0 aliphatic carbocycles. The highest BCUT2D eigenvalue weighted by atomic mass is 35.5. The zero-order valence-electron chi connectivity index (χ0n) is 16.2. The minimum absolute atomic E-state index is 0.268. The van der Waals surface area contributed by atoms with E-state index in [9.17, 15) is 5.11 Å². The van der Waals surface area contributed by atoms with Crippen LogP contribution in [0.1, 0.15) is 24.2 Å². The van der Waals surface area contributed by atoms with Crippen LogP contribution in [-0.4, -0.2) is 66.9 Å². The van der Waals surface area contributed by atoms with Crippen molar-refractivity contribution in [3.05, 3.63) is 69.7 Å². The Morgan fingerprint density at radius 3 is 1.79 bits per heavy atom. The molecule has 28 heavy (non-hydrogen) atoms. The van der Waals surface area contributed by atoms with Gasteiger partial charge in [0.2, 0.25) is 0 Å². The van der Waals surface area contributed by atoms with Crippen molar-refractivity contribution < 1.29 is 9.84 Å². The lowest BCUT2D eigenvalue weighted by Gasteiger charge is -2.35. The summed E-state index contributed by atoms with van der Waals surface area (Å²) in [5.74, 6) is 0. The van der Waals surface area contributed by atoms with Crippen LogP contribution in [0.4, 0.5) is 0 Å². The van der Waals surface area contributed by atoms with E-state index in [4.69, 9.17) is 27.9 Å². The Morgan fingerprint density at radius 2 is 1.32 bits per heavy atom. The van der Waals surface area contributed by atoms with Gasteiger partial charge in [-0.25, -0.2) is 0 Å². The molecule has 1 heterocycles. The third-order valence-corrected chi connectivity index (χ3v) is 5.69. The Hall–Kier alpha value is -1.14. The first-order chi connectivity index (χ1) is 13.5. The van der Waals surface area contributed by atoms with E-state index in [1.54, 1.807) is 0 Å². The molecule has 2 aromatic rings. The van der Waals surface area contributed by atoms with Gasteiger partial charge in [0, 0.05) is 42.8 Å². The van der Waals surface area contributed by atoms with Crippen LogP contribution in [0, 0.1) is 0 Å².